The SMILES string of the molecule is CC(C)Cn1nc(C(=O)N2CCCC2)c2c1CCC(NCC1(c3ccccc3)CCOCC1)C2. The van der Waals surface area contributed by atoms with E-state index in [1.165, 1.54) is 16.8 Å². The van der Waals surface area contributed by atoms with Gasteiger partial charge in [-0.15, -0.1) is 0 Å². The van der Waals surface area contributed by atoms with Crippen molar-refractivity contribution in [2.45, 2.75) is 76.8 Å². The molecule has 2 fully saturated rings. The summed E-state index contributed by atoms with van der Waals surface area (Å²) in [6, 6.07) is 11.3. The average molecular weight is 465 g/mol. The van der Waals surface area contributed by atoms with E-state index < -0.39 is 0 Å². The summed E-state index contributed by atoms with van der Waals surface area (Å²) in [5.74, 6) is 0.649. The van der Waals surface area contributed by atoms with E-state index in [0.717, 1.165) is 84.3 Å². The molecule has 2 aliphatic heterocycles. The normalized spacial score (nSPS) is 22.2. The number of carbonyl (C=O) groups is 1. The number of benzene rings is 1. The zero-order valence-corrected chi connectivity index (χ0v) is 20.9. The second kappa shape index (κ2) is 10.2. The van der Waals surface area contributed by atoms with Crippen LogP contribution < -0.4 is 5.32 Å². The van der Waals surface area contributed by atoms with E-state index in [-0.39, 0.29) is 11.3 Å². The van der Waals surface area contributed by atoms with Crippen LogP contribution in [0, 0.1) is 5.92 Å². The molecule has 2 saturated heterocycles. The van der Waals surface area contributed by atoms with E-state index in [2.05, 4.69) is 54.2 Å². The number of hydrogen-bond donors (Lipinski definition) is 1. The van der Waals surface area contributed by atoms with E-state index >= 15 is 0 Å². The molecule has 1 amide bonds. The topological polar surface area (TPSA) is 59.4 Å². The molecular weight excluding hydrogens is 424 g/mol. The van der Waals surface area contributed by atoms with Crippen LogP contribution in [0.5, 0.6) is 0 Å². The third-order valence-corrected chi connectivity index (χ3v) is 8.05. The number of nitrogens with one attached hydrogen (secondary N) is 1. The Morgan fingerprint density at radius 1 is 1.18 bits per heavy atom. The van der Waals surface area contributed by atoms with Crippen molar-refractivity contribution in [3.05, 3.63) is 52.8 Å². The number of ether oxygens (including phenoxy) is 1. The molecule has 0 saturated carbocycles. The van der Waals surface area contributed by atoms with Gasteiger partial charge in [0, 0.05) is 62.1 Å². The van der Waals surface area contributed by atoms with Crippen LogP contribution in [0.25, 0.3) is 0 Å². The highest BCUT2D eigenvalue weighted by molar-refractivity contribution is 5.94. The maximum absolute atomic E-state index is 13.4. The minimum absolute atomic E-state index is 0.121. The lowest BCUT2D eigenvalue weighted by atomic mass is 9.73. The number of amides is 1. The predicted octanol–water partition coefficient (Wildman–Crippen LogP) is 3.97. The van der Waals surface area contributed by atoms with Crippen LogP contribution >= 0.6 is 0 Å². The summed E-state index contributed by atoms with van der Waals surface area (Å²) in [5, 5.41) is 8.84. The molecule has 5 rings (SSSR count). The molecule has 1 unspecified atom stereocenters. The fourth-order valence-corrected chi connectivity index (χ4v) is 6.06. The second-order valence-electron chi connectivity index (χ2n) is 10.9. The molecule has 1 N–H and O–H groups in total. The maximum Gasteiger partial charge on any atom is 0.274 e. The van der Waals surface area contributed by atoms with Crippen molar-refractivity contribution in [3.8, 4) is 0 Å². The summed E-state index contributed by atoms with van der Waals surface area (Å²) < 4.78 is 7.87. The highest BCUT2D eigenvalue weighted by Crippen LogP contribution is 2.35. The van der Waals surface area contributed by atoms with Gasteiger partial charge in [-0.3, -0.25) is 9.48 Å². The Kier molecular flexibility index (Phi) is 7.07. The van der Waals surface area contributed by atoms with E-state index in [1.807, 2.05) is 4.90 Å². The molecule has 0 bridgehead atoms. The van der Waals surface area contributed by atoms with Gasteiger partial charge < -0.3 is 15.0 Å². The quantitative estimate of drug-likeness (QED) is 0.674. The molecule has 184 valence electrons. The predicted molar refractivity (Wildman–Crippen MR) is 134 cm³/mol. The molecular formula is C28H40N4O2. The molecule has 1 atom stereocenters. The lowest BCUT2D eigenvalue weighted by Gasteiger charge is -2.39. The van der Waals surface area contributed by atoms with Crippen LogP contribution in [0.2, 0.25) is 0 Å². The van der Waals surface area contributed by atoms with Crippen molar-refractivity contribution < 1.29 is 9.53 Å². The van der Waals surface area contributed by atoms with Crippen molar-refractivity contribution >= 4 is 5.91 Å². The number of likely N-dealkylation sites (tertiary alicyclic amines) is 1. The van der Waals surface area contributed by atoms with E-state index in [1.54, 1.807) is 0 Å². The van der Waals surface area contributed by atoms with Crippen LogP contribution in [-0.2, 0) is 29.5 Å². The van der Waals surface area contributed by atoms with Crippen molar-refractivity contribution in [3.63, 3.8) is 0 Å². The standard InChI is InChI=1S/C28H40N4O2/c1-21(2)19-32-25-11-10-23(18-24(25)26(30-32)27(33)31-14-6-7-15-31)29-20-28(12-16-34-17-13-28)22-8-4-3-5-9-22/h3-5,8-9,21,23,29H,6-7,10-20H2,1-2H3. The fraction of sp³-hybridized carbons (Fsp3) is 0.643. The number of fused-ring (bicyclic) bond motifs is 1. The van der Waals surface area contributed by atoms with Gasteiger partial charge in [0.05, 0.1) is 0 Å². The molecule has 3 aliphatic rings. The van der Waals surface area contributed by atoms with Crippen LogP contribution in [0.4, 0.5) is 0 Å². The Hall–Kier alpha value is -2.18. The summed E-state index contributed by atoms with van der Waals surface area (Å²) in [6.07, 6.45) is 7.28. The van der Waals surface area contributed by atoms with Crippen molar-refractivity contribution in [2.24, 2.45) is 5.92 Å². The highest BCUT2D eigenvalue weighted by atomic mass is 16.5. The van der Waals surface area contributed by atoms with Gasteiger partial charge >= 0.3 is 0 Å². The minimum Gasteiger partial charge on any atom is -0.381 e. The third kappa shape index (κ3) is 4.80. The van der Waals surface area contributed by atoms with Gasteiger partial charge in [-0.05, 0) is 56.4 Å². The van der Waals surface area contributed by atoms with Crippen LogP contribution in [0.3, 0.4) is 0 Å². The summed E-state index contributed by atoms with van der Waals surface area (Å²) in [7, 11) is 0. The zero-order chi connectivity index (χ0) is 23.5. The fourth-order valence-electron chi connectivity index (χ4n) is 6.06. The second-order valence-corrected chi connectivity index (χ2v) is 10.9. The van der Waals surface area contributed by atoms with Crippen molar-refractivity contribution in [1.82, 2.24) is 20.0 Å². The summed E-state index contributed by atoms with van der Waals surface area (Å²) in [4.78, 5) is 15.4. The number of nitrogens with zero attached hydrogens (tertiary/aromatic N) is 3. The first-order valence-corrected chi connectivity index (χ1v) is 13.3. The zero-order valence-electron chi connectivity index (χ0n) is 20.9. The first-order valence-electron chi connectivity index (χ1n) is 13.3. The molecule has 2 aromatic rings. The Bertz CT molecular complexity index is 972. The molecule has 0 spiro atoms. The van der Waals surface area contributed by atoms with Gasteiger partial charge in [0.1, 0.15) is 0 Å². The van der Waals surface area contributed by atoms with Crippen LogP contribution in [0.15, 0.2) is 30.3 Å². The molecule has 6 nitrogen and oxygen atoms in total. The van der Waals surface area contributed by atoms with Crippen molar-refractivity contribution in [1.29, 1.82) is 0 Å². The van der Waals surface area contributed by atoms with E-state index in [4.69, 9.17) is 9.84 Å². The molecule has 1 aliphatic carbocycles. The lowest BCUT2D eigenvalue weighted by Crippen LogP contribution is -2.47. The summed E-state index contributed by atoms with van der Waals surface area (Å²) >= 11 is 0. The van der Waals surface area contributed by atoms with Gasteiger partial charge in [-0.1, -0.05) is 44.2 Å². The molecule has 6 heteroatoms. The van der Waals surface area contributed by atoms with E-state index in [0.29, 0.717) is 17.7 Å². The minimum atomic E-state index is 0.121. The summed E-state index contributed by atoms with van der Waals surface area (Å²) in [6.45, 7) is 9.66. The van der Waals surface area contributed by atoms with Crippen LogP contribution in [0.1, 0.15) is 73.3 Å². The largest absolute Gasteiger partial charge is 0.381 e. The van der Waals surface area contributed by atoms with Crippen molar-refractivity contribution in [2.75, 3.05) is 32.8 Å². The van der Waals surface area contributed by atoms with E-state index in [9.17, 15) is 4.79 Å². The number of aromatic nitrogens is 2. The number of rotatable bonds is 7. The molecule has 1 aromatic carbocycles. The molecule has 1 aromatic heterocycles. The first kappa shape index (κ1) is 23.6. The Morgan fingerprint density at radius 3 is 2.62 bits per heavy atom. The number of carbonyl (C=O) groups excluding carboxylic acids is 1. The molecule has 0 radical (unpaired) electrons. The molecule has 3 heterocycles. The first-order chi connectivity index (χ1) is 16.6. The smallest absolute Gasteiger partial charge is 0.274 e. The summed E-state index contributed by atoms with van der Waals surface area (Å²) in [5.41, 5.74) is 4.74. The molecule has 34 heavy (non-hydrogen) atoms. The number of hydrogen-bond acceptors (Lipinski definition) is 4. The Balaban J connectivity index is 1.35. The van der Waals surface area contributed by atoms with Gasteiger partial charge in [-0.25, -0.2) is 0 Å². The van der Waals surface area contributed by atoms with Gasteiger partial charge in [0.25, 0.3) is 5.91 Å². The highest BCUT2D eigenvalue weighted by Gasteiger charge is 2.36. The van der Waals surface area contributed by atoms with Gasteiger partial charge in [0.15, 0.2) is 5.69 Å². The maximum atomic E-state index is 13.4. The lowest BCUT2D eigenvalue weighted by molar-refractivity contribution is 0.0486. The monoisotopic (exact) mass is 464 g/mol. The van der Waals surface area contributed by atoms with Gasteiger partial charge in [0.2, 0.25) is 0 Å². The average Bonchev–Trinajstić information content (AvgIpc) is 3.52. The third-order valence-electron chi connectivity index (χ3n) is 8.05. The Labute approximate surface area is 204 Å². The van der Waals surface area contributed by atoms with Gasteiger partial charge in [-0.2, -0.15) is 5.10 Å². The Morgan fingerprint density at radius 2 is 1.91 bits per heavy atom. The van der Waals surface area contributed by atoms with Crippen LogP contribution in [-0.4, -0.2) is 59.5 Å².